The number of fused-ring (bicyclic) bond motifs is 1. The maximum atomic E-state index is 13.4. The maximum absolute atomic E-state index is 13.4. The van der Waals surface area contributed by atoms with Gasteiger partial charge in [-0.15, -0.1) is 0 Å². The quantitative estimate of drug-likeness (QED) is 0.504. The molecule has 1 aromatic carbocycles. The number of aromatic nitrogens is 2. The van der Waals surface area contributed by atoms with Crippen molar-refractivity contribution in [3.8, 4) is 0 Å². The molecule has 1 atom stereocenters. The molecule has 2 aromatic rings. The molecule has 1 amide bonds. The number of amidine groups is 1. The molecule has 1 fully saturated rings. The Labute approximate surface area is 195 Å². The number of anilines is 3. The maximum Gasteiger partial charge on any atom is 0.408 e. The zero-order valence-corrected chi connectivity index (χ0v) is 19.2. The lowest BCUT2D eigenvalue weighted by atomic mass is 9.87. The van der Waals surface area contributed by atoms with Crippen molar-refractivity contribution in [3.63, 3.8) is 0 Å². The lowest BCUT2D eigenvalue weighted by Gasteiger charge is -2.37. The van der Waals surface area contributed by atoms with Crippen molar-refractivity contribution in [1.82, 2.24) is 14.9 Å². The Morgan fingerprint density at radius 2 is 1.94 bits per heavy atom. The standard InChI is InChI=1S/C23H27F3N6O2/c1-22(2)17-18(28-3)29-16(30-19(17)32(20(22)33)14-9-5-4-6-10-14)13-34-21(27)31-12-8-7-11-15(31)23(24,25)26/h4-6,9-10,15,27H,7-8,11-13H2,1-3H3,(H,28,29,30). The molecule has 1 aromatic heterocycles. The summed E-state index contributed by atoms with van der Waals surface area (Å²) in [5.41, 5.74) is 0.362. The first kappa shape index (κ1) is 23.8. The molecule has 0 spiro atoms. The number of benzene rings is 1. The van der Waals surface area contributed by atoms with Gasteiger partial charge in [-0.2, -0.15) is 13.2 Å². The molecule has 3 heterocycles. The molecule has 1 saturated heterocycles. The van der Waals surface area contributed by atoms with Crippen molar-refractivity contribution < 1.29 is 22.7 Å². The minimum Gasteiger partial charge on any atom is -0.457 e. The van der Waals surface area contributed by atoms with Crippen LogP contribution in [0.4, 0.5) is 30.5 Å². The van der Waals surface area contributed by atoms with Crippen LogP contribution in [0.2, 0.25) is 0 Å². The van der Waals surface area contributed by atoms with Crippen LogP contribution in [0.5, 0.6) is 0 Å². The fraction of sp³-hybridized carbons (Fsp3) is 0.478. The minimum atomic E-state index is -4.44. The fourth-order valence-corrected chi connectivity index (χ4v) is 4.51. The summed E-state index contributed by atoms with van der Waals surface area (Å²) in [6, 6.07) is 6.76. The van der Waals surface area contributed by atoms with Crippen LogP contribution in [0.15, 0.2) is 30.3 Å². The first-order valence-corrected chi connectivity index (χ1v) is 11.1. The number of piperidine rings is 1. The van der Waals surface area contributed by atoms with Gasteiger partial charge in [0.05, 0.1) is 16.7 Å². The van der Waals surface area contributed by atoms with Gasteiger partial charge in [-0.25, -0.2) is 9.97 Å². The van der Waals surface area contributed by atoms with Crippen LogP contribution >= 0.6 is 0 Å². The van der Waals surface area contributed by atoms with Gasteiger partial charge in [-0.3, -0.25) is 15.1 Å². The molecule has 0 aliphatic carbocycles. The molecule has 0 bridgehead atoms. The molecular formula is C23H27F3N6O2. The van der Waals surface area contributed by atoms with E-state index in [9.17, 15) is 18.0 Å². The molecule has 0 radical (unpaired) electrons. The second-order valence-electron chi connectivity index (χ2n) is 8.88. The van der Waals surface area contributed by atoms with Crippen molar-refractivity contribution in [2.75, 3.05) is 23.8 Å². The van der Waals surface area contributed by atoms with Crippen LogP contribution in [0.25, 0.3) is 0 Å². The van der Waals surface area contributed by atoms with E-state index in [1.165, 1.54) is 4.90 Å². The predicted molar refractivity (Wildman–Crippen MR) is 121 cm³/mol. The highest BCUT2D eigenvalue weighted by Gasteiger charge is 2.49. The lowest BCUT2D eigenvalue weighted by Crippen LogP contribution is -2.51. The number of alkyl halides is 3. The van der Waals surface area contributed by atoms with Gasteiger partial charge < -0.3 is 15.0 Å². The molecule has 4 rings (SSSR count). The van der Waals surface area contributed by atoms with E-state index < -0.39 is 23.7 Å². The minimum absolute atomic E-state index is 0.0717. The number of amides is 1. The Morgan fingerprint density at radius 3 is 2.59 bits per heavy atom. The summed E-state index contributed by atoms with van der Waals surface area (Å²) >= 11 is 0. The van der Waals surface area contributed by atoms with Crippen LogP contribution < -0.4 is 10.2 Å². The summed E-state index contributed by atoms with van der Waals surface area (Å²) in [5, 5.41) is 11.1. The number of ether oxygens (including phenoxy) is 1. The van der Waals surface area contributed by atoms with E-state index in [0.717, 1.165) is 4.90 Å². The number of likely N-dealkylation sites (tertiary alicyclic amines) is 1. The van der Waals surface area contributed by atoms with Crippen LogP contribution in [-0.2, 0) is 21.6 Å². The number of hydrogen-bond acceptors (Lipinski definition) is 6. The Kier molecular flexibility index (Phi) is 6.13. The molecule has 2 aliphatic rings. The molecule has 0 saturated carbocycles. The molecule has 11 heteroatoms. The van der Waals surface area contributed by atoms with Gasteiger partial charge in [0.25, 0.3) is 6.02 Å². The lowest BCUT2D eigenvalue weighted by molar-refractivity contribution is -0.182. The predicted octanol–water partition coefficient (Wildman–Crippen LogP) is 4.34. The van der Waals surface area contributed by atoms with Gasteiger partial charge in [-0.05, 0) is 45.2 Å². The highest BCUT2D eigenvalue weighted by Crippen LogP contribution is 2.47. The number of para-hydroxylation sites is 1. The van der Waals surface area contributed by atoms with Crippen LogP contribution in [-0.4, -0.2) is 52.6 Å². The number of halogens is 3. The summed E-state index contributed by atoms with van der Waals surface area (Å²) in [7, 11) is 1.67. The van der Waals surface area contributed by atoms with Crippen molar-refractivity contribution in [2.45, 2.75) is 57.3 Å². The second-order valence-corrected chi connectivity index (χ2v) is 8.88. The van der Waals surface area contributed by atoms with E-state index in [1.807, 2.05) is 18.2 Å². The van der Waals surface area contributed by atoms with Crippen molar-refractivity contribution >= 4 is 29.3 Å². The summed E-state index contributed by atoms with van der Waals surface area (Å²) in [6.45, 7) is 3.38. The SMILES string of the molecule is CNc1nc(COC(=N)N2CCCCC2C(F)(F)F)nc2c1C(C)(C)C(=O)N2c1ccccc1. The number of rotatable bonds is 4. The highest BCUT2D eigenvalue weighted by molar-refractivity contribution is 6.12. The molecular weight excluding hydrogens is 449 g/mol. The van der Waals surface area contributed by atoms with Gasteiger partial charge in [0.15, 0.2) is 12.4 Å². The summed E-state index contributed by atoms with van der Waals surface area (Å²) in [6.07, 6.45) is -3.51. The average molecular weight is 477 g/mol. The normalized spacial score (nSPS) is 19.7. The number of hydrogen-bond donors (Lipinski definition) is 2. The summed E-state index contributed by atoms with van der Waals surface area (Å²) < 4.78 is 45.7. The number of carbonyl (C=O) groups excluding carboxylic acids is 1. The zero-order valence-electron chi connectivity index (χ0n) is 19.2. The van der Waals surface area contributed by atoms with E-state index in [0.29, 0.717) is 35.7 Å². The highest BCUT2D eigenvalue weighted by atomic mass is 19.4. The third-order valence-corrected chi connectivity index (χ3v) is 6.24. The zero-order chi connectivity index (χ0) is 24.7. The third-order valence-electron chi connectivity index (χ3n) is 6.24. The Morgan fingerprint density at radius 1 is 1.24 bits per heavy atom. The van der Waals surface area contributed by atoms with Crippen molar-refractivity contribution in [3.05, 3.63) is 41.7 Å². The second kappa shape index (κ2) is 8.77. The molecule has 34 heavy (non-hydrogen) atoms. The fourth-order valence-electron chi connectivity index (χ4n) is 4.51. The molecule has 8 nitrogen and oxygen atoms in total. The van der Waals surface area contributed by atoms with Gasteiger partial charge in [-0.1, -0.05) is 18.2 Å². The van der Waals surface area contributed by atoms with E-state index >= 15 is 0 Å². The van der Waals surface area contributed by atoms with E-state index in [4.69, 9.17) is 10.1 Å². The summed E-state index contributed by atoms with van der Waals surface area (Å²) in [4.78, 5) is 24.8. The first-order chi connectivity index (χ1) is 16.1. The number of nitrogens with one attached hydrogen (secondary N) is 2. The molecule has 1 unspecified atom stereocenters. The van der Waals surface area contributed by atoms with E-state index in [-0.39, 0.29) is 31.3 Å². The van der Waals surface area contributed by atoms with E-state index in [1.54, 1.807) is 33.0 Å². The Balaban J connectivity index is 1.63. The van der Waals surface area contributed by atoms with Gasteiger partial charge >= 0.3 is 6.18 Å². The third kappa shape index (κ3) is 4.14. The summed E-state index contributed by atoms with van der Waals surface area (Å²) in [5.74, 6) is 0.793. The van der Waals surface area contributed by atoms with Crippen LogP contribution in [0, 0.1) is 5.41 Å². The monoisotopic (exact) mass is 476 g/mol. The Bertz CT molecular complexity index is 1090. The van der Waals surface area contributed by atoms with Crippen molar-refractivity contribution in [2.24, 2.45) is 0 Å². The van der Waals surface area contributed by atoms with Crippen LogP contribution in [0.1, 0.15) is 44.5 Å². The largest absolute Gasteiger partial charge is 0.457 e. The van der Waals surface area contributed by atoms with Gasteiger partial charge in [0.2, 0.25) is 5.91 Å². The number of carbonyl (C=O) groups is 1. The van der Waals surface area contributed by atoms with Gasteiger partial charge in [0.1, 0.15) is 17.7 Å². The molecule has 2 N–H and O–H groups in total. The molecule has 2 aliphatic heterocycles. The van der Waals surface area contributed by atoms with Crippen LogP contribution in [0.3, 0.4) is 0 Å². The topological polar surface area (TPSA) is 94.4 Å². The van der Waals surface area contributed by atoms with Gasteiger partial charge in [0, 0.05) is 13.6 Å². The average Bonchev–Trinajstić information content (AvgIpc) is 3.02. The first-order valence-electron chi connectivity index (χ1n) is 11.1. The van der Waals surface area contributed by atoms with E-state index in [2.05, 4.69) is 15.3 Å². The number of nitrogens with zero attached hydrogens (tertiary/aromatic N) is 4. The molecule has 182 valence electrons. The van der Waals surface area contributed by atoms with Crippen molar-refractivity contribution in [1.29, 1.82) is 5.41 Å². The Hall–Kier alpha value is -3.37. The smallest absolute Gasteiger partial charge is 0.408 e.